The molecule has 4 nitrogen and oxygen atoms in total. The normalized spacial score (nSPS) is 11.4. The first-order valence-corrected chi connectivity index (χ1v) is 6.71. The second-order valence-corrected chi connectivity index (χ2v) is 5.36. The van der Waals surface area contributed by atoms with Crippen LogP contribution in [0.2, 0.25) is 5.02 Å². The third-order valence-electron chi connectivity index (χ3n) is 2.43. The minimum absolute atomic E-state index is 0.672. The Morgan fingerprint density at radius 1 is 1.26 bits per heavy atom. The number of thiophene rings is 1. The highest BCUT2D eigenvalue weighted by molar-refractivity contribution is 7.17. The molecule has 19 heavy (non-hydrogen) atoms. The predicted molar refractivity (Wildman–Crippen MR) is 79.7 cm³/mol. The Bertz CT molecular complexity index is 619. The number of hydrazone groups is 1. The van der Waals surface area contributed by atoms with Gasteiger partial charge in [-0.15, -0.1) is 11.3 Å². The van der Waals surface area contributed by atoms with Gasteiger partial charge >= 0.3 is 6.03 Å². The van der Waals surface area contributed by atoms with Crippen LogP contribution in [0, 0.1) is 0 Å². The van der Waals surface area contributed by atoms with Gasteiger partial charge in [0, 0.05) is 9.90 Å². The van der Waals surface area contributed by atoms with Crippen LogP contribution >= 0.6 is 22.9 Å². The number of urea groups is 1. The molecule has 1 aromatic heterocycles. The first-order valence-electron chi connectivity index (χ1n) is 5.52. The number of hydrogen-bond acceptors (Lipinski definition) is 3. The van der Waals surface area contributed by atoms with Gasteiger partial charge in [0.2, 0.25) is 0 Å². The van der Waals surface area contributed by atoms with Crippen molar-refractivity contribution in [3.05, 3.63) is 46.3 Å². The summed E-state index contributed by atoms with van der Waals surface area (Å²) in [6.07, 6.45) is 0. The molecule has 0 atom stereocenters. The highest BCUT2D eigenvalue weighted by Gasteiger charge is 2.05. The van der Waals surface area contributed by atoms with Crippen molar-refractivity contribution in [1.29, 1.82) is 0 Å². The molecule has 1 heterocycles. The molecule has 0 fully saturated rings. The maximum atomic E-state index is 10.6. The number of halogens is 1. The van der Waals surface area contributed by atoms with Crippen LogP contribution in [0.3, 0.4) is 0 Å². The zero-order valence-corrected chi connectivity index (χ0v) is 11.8. The average Bonchev–Trinajstić information content (AvgIpc) is 2.86. The largest absolute Gasteiger partial charge is 0.350 e. The van der Waals surface area contributed by atoms with E-state index in [9.17, 15) is 4.79 Å². The van der Waals surface area contributed by atoms with Crippen molar-refractivity contribution in [1.82, 2.24) is 5.43 Å². The summed E-state index contributed by atoms with van der Waals surface area (Å²) in [4.78, 5) is 12.7. The van der Waals surface area contributed by atoms with Crippen molar-refractivity contribution < 1.29 is 4.79 Å². The number of benzene rings is 1. The fourth-order valence-corrected chi connectivity index (χ4v) is 2.58. The van der Waals surface area contributed by atoms with Crippen LogP contribution in [-0.2, 0) is 0 Å². The summed E-state index contributed by atoms with van der Waals surface area (Å²) in [7, 11) is 0. The van der Waals surface area contributed by atoms with E-state index in [0.717, 1.165) is 15.3 Å². The maximum Gasteiger partial charge on any atom is 0.332 e. The van der Waals surface area contributed by atoms with Crippen LogP contribution in [0.1, 0.15) is 11.8 Å². The van der Waals surface area contributed by atoms with Crippen molar-refractivity contribution >= 4 is 34.7 Å². The highest BCUT2D eigenvalue weighted by Crippen LogP contribution is 2.29. The molecule has 2 amide bonds. The van der Waals surface area contributed by atoms with Gasteiger partial charge in [-0.25, -0.2) is 10.2 Å². The van der Waals surface area contributed by atoms with E-state index in [-0.39, 0.29) is 0 Å². The molecule has 0 bridgehead atoms. The standard InChI is InChI=1S/C13H12ClN3OS/c1-8(16-17-13(15)18)11-6-7-12(19-11)9-2-4-10(14)5-3-9/h2-7H,1H3,(H3,15,17,18)/b16-8-. The SMILES string of the molecule is C/C(=N/NC(N)=O)c1ccc(-c2ccc(Cl)cc2)s1. The number of primary amides is 1. The Morgan fingerprint density at radius 2 is 1.95 bits per heavy atom. The molecule has 3 N–H and O–H groups in total. The average molecular weight is 294 g/mol. The fourth-order valence-electron chi connectivity index (χ4n) is 1.50. The Balaban J connectivity index is 2.21. The van der Waals surface area contributed by atoms with Gasteiger partial charge in [0.1, 0.15) is 0 Å². The molecule has 1 aromatic carbocycles. The summed E-state index contributed by atoms with van der Waals surface area (Å²) >= 11 is 7.44. The van der Waals surface area contributed by atoms with Crippen LogP contribution in [0.5, 0.6) is 0 Å². The Labute approximate surface area is 119 Å². The number of nitrogens with one attached hydrogen (secondary N) is 1. The molecule has 0 aliphatic carbocycles. The van der Waals surface area contributed by atoms with Gasteiger partial charge < -0.3 is 5.73 Å². The summed E-state index contributed by atoms with van der Waals surface area (Å²) in [5, 5.41) is 4.61. The van der Waals surface area contributed by atoms with Crippen LogP contribution < -0.4 is 11.2 Å². The minimum atomic E-state index is -0.672. The molecule has 0 saturated carbocycles. The molecular weight excluding hydrogens is 282 g/mol. The van der Waals surface area contributed by atoms with E-state index in [0.29, 0.717) is 10.7 Å². The van der Waals surface area contributed by atoms with Gasteiger partial charge in [0.15, 0.2) is 0 Å². The zero-order chi connectivity index (χ0) is 13.8. The van der Waals surface area contributed by atoms with E-state index in [4.69, 9.17) is 17.3 Å². The van der Waals surface area contributed by atoms with Gasteiger partial charge in [0.05, 0.1) is 10.6 Å². The molecule has 0 radical (unpaired) electrons. The molecule has 0 saturated heterocycles. The van der Waals surface area contributed by atoms with Crippen LogP contribution in [0.25, 0.3) is 10.4 Å². The number of carbonyl (C=O) groups excluding carboxylic acids is 1. The highest BCUT2D eigenvalue weighted by atomic mass is 35.5. The molecule has 98 valence electrons. The van der Waals surface area contributed by atoms with E-state index in [1.54, 1.807) is 11.3 Å². The third-order valence-corrected chi connectivity index (χ3v) is 3.92. The molecule has 6 heteroatoms. The topological polar surface area (TPSA) is 67.5 Å². The quantitative estimate of drug-likeness (QED) is 0.660. The molecular formula is C13H12ClN3OS. The lowest BCUT2D eigenvalue weighted by Crippen LogP contribution is -2.25. The molecule has 0 aliphatic rings. The lowest BCUT2D eigenvalue weighted by molar-refractivity contribution is 0.249. The van der Waals surface area contributed by atoms with Crippen LogP contribution in [0.15, 0.2) is 41.5 Å². The number of nitrogens with zero attached hydrogens (tertiary/aromatic N) is 1. The fraction of sp³-hybridized carbons (Fsp3) is 0.0769. The third kappa shape index (κ3) is 3.56. The van der Waals surface area contributed by atoms with Gasteiger partial charge in [-0.05, 0) is 36.8 Å². The Kier molecular flexibility index (Phi) is 4.19. The Morgan fingerprint density at radius 3 is 2.58 bits per heavy atom. The van der Waals surface area contributed by atoms with Gasteiger partial charge in [-0.2, -0.15) is 5.10 Å². The summed E-state index contributed by atoms with van der Waals surface area (Å²) < 4.78 is 0. The first kappa shape index (κ1) is 13.6. The molecule has 2 rings (SSSR count). The first-order chi connectivity index (χ1) is 9.06. The number of hydrogen-bond donors (Lipinski definition) is 2. The van der Waals surface area contributed by atoms with Gasteiger partial charge in [-0.1, -0.05) is 23.7 Å². The van der Waals surface area contributed by atoms with Crippen molar-refractivity contribution in [2.45, 2.75) is 6.92 Å². The van der Waals surface area contributed by atoms with Gasteiger partial charge in [-0.3, -0.25) is 0 Å². The monoisotopic (exact) mass is 293 g/mol. The summed E-state index contributed by atoms with van der Waals surface area (Å²) in [6, 6.07) is 10.9. The van der Waals surface area contributed by atoms with E-state index < -0.39 is 6.03 Å². The summed E-state index contributed by atoms with van der Waals surface area (Å²) in [6.45, 7) is 1.81. The number of nitrogens with two attached hydrogens (primary N) is 1. The van der Waals surface area contributed by atoms with Crippen LogP contribution in [-0.4, -0.2) is 11.7 Å². The van der Waals surface area contributed by atoms with E-state index in [1.807, 2.05) is 43.3 Å². The molecule has 0 aliphatic heterocycles. The number of amides is 2. The lowest BCUT2D eigenvalue weighted by atomic mass is 10.2. The minimum Gasteiger partial charge on any atom is -0.350 e. The van der Waals surface area contributed by atoms with Crippen molar-refractivity contribution in [3.8, 4) is 10.4 Å². The maximum absolute atomic E-state index is 10.6. The smallest absolute Gasteiger partial charge is 0.332 e. The number of rotatable bonds is 3. The molecule has 0 spiro atoms. The van der Waals surface area contributed by atoms with Crippen molar-refractivity contribution in [2.24, 2.45) is 10.8 Å². The summed E-state index contributed by atoms with van der Waals surface area (Å²) in [5.41, 5.74) is 8.99. The van der Waals surface area contributed by atoms with Gasteiger partial charge in [0.25, 0.3) is 0 Å². The second-order valence-electron chi connectivity index (χ2n) is 3.84. The van der Waals surface area contributed by atoms with E-state index in [1.165, 1.54) is 0 Å². The second kappa shape index (κ2) is 5.86. The predicted octanol–water partition coefficient (Wildman–Crippen LogP) is 3.46. The van der Waals surface area contributed by atoms with Crippen LogP contribution in [0.4, 0.5) is 4.79 Å². The van der Waals surface area contributed by atoms with E-state index in [2.05, 4.69) is 10.5 Å². The molecule has 0 unspecified atom stereocenters. The lowest BCUT2D eigenvalue weighted by Gasteiger charge is -1.98. The summed E-state index contributed by atoms with van der Waals surface area (Å²) in [5.74, 6) is 0. The van der Waals surface area contributed by atoms with E-state index >= 15 is 0 Å². The van der Waals surface area contributed by atoms with Crippen molar-refractivity contribution in [3.63, 3.8) is 0 Å². The zero-order valence-electron chi connectivity index (χ0n) is 10.2. The Hall–Kier alpha value is -1.85. The van der Waals surface area contributed by atoms with Crippen molar-refractivity contribution in [2.75, 3.05) is 0 Å². The molecule has 2 aromatic rings. The number of carbonyl (C=O) groups is 1.